The highest BCUT2D eigenvalue weighted by molar-refractivity contribution is 7.80. The predicted molar refractivity (Wildman–Crippen MR) is 58.1 cm³/mol. The fourth-order valence-electron chi connectivity index (χ4n) is 1.23. The van der Waals surface area contributed by atoms with Gasteiger partial charge in [0.25, 0.3) is 0 Å². The van der Waals surface area contributed by atoms with E-state index in [9.17, 15) is 0 Å². The Morgan fingerprint density at radius 1 is 1.09 bits per heavy atom. The van der Waals surface area contributed by atoms with Crippen LogP contribution in [0.2, 0.25) is 0 Å². The van der Waals surface area contributed by atoms with E-state index in [-0.39, 0.29) is 12.4 Å². The first-order valence-corrected chi connectivity index (χ1v) is 4.59. The number of rotatable bonds is 4. The highest BCUT2D eigenvalue weighted by Crippen LogP contribution is 2.03. The molecule has 11 heavy (non-hydrogen) atoms. The molecule has 1 nitrogen and oxygen atoms in total. The first-order valence-electron chi connectivity index (χ1n) is 3.96. The summed E-state index contributed by atoms with van der Waals surface area (Å²) in [6.45, 7) is 10.00. The van der Waals surface area contributed by atoms with Gasteiger partial charge in [-0.3, -0.25) is 4.90 Å². The SMILES string of the molecule is CC(C)N(CCS)C(C)C.Cl. The van der Waals surface area contributed by atoms with Gasteiger partial charge in [-0.25, -0.2) is 0 Å². The average Bonchev–Trinajstić information content (AvgIpc) is 1.81. The Balaban J connectivity index is 0. The third-order valence-corrected chi connectivity index (χ3v) is 1.88. The molecule has 0 heterocycles. The predicted octanol–water partition coefficient (Wildman–Crippen LogP) is 2.46. The molecule has 0 fully saturated rings. The lowest BCUT2D eigenvalue weighted by molar-refractivity contribution is 0.187. The first-order chi connectivity index (χ1) is 4.59. The molecule has 0 aromatic rings. The van der Waals surface area contributed by atoms with Crippen LogP contribution in [0.4, 0.5) is 0 Å². The van der Waals surface area contributed by atoms with Crippen LogP contribution in [0.25, 0.3) is 0 Å². The largest absolute Gasteiger partial charge is 0.298 e. The molecule has 0 aliphatic rings. The Kier molecular flexibility index (Phi) is 9.33. The summed E-state index contributed by atoms with van der Waals surface area (Å²) in [6, 6.07) is 1.29. The summed E-state index contributed by atoms with van der Waals surface area (Å²) < 4.78 is 0. The van der Waals surface area contributed by atoms with Crippen molar-refractivity contribution in [2.24, 2.45) is 0 Å². The normalized spacial score (nSPS) is 10.9. The van der Waals surface area contributed by atoms with E-state index in [0.717, 1.165) is 12.3 Å². The monoisotopic (exact) mass is 197 g/mol. The quantitative estimate of drug-likeness (QED) is 0.678. The number of halogens is 1. The van der Waals surface area contributed by atoms with Crippen molar-refractivity contribution < 1.29 is 0 Å². The van der Waals surface area contributed by atoms with E-state index < -0.39 is 0 Å². The van der Waals surface area contributed by atoms with Gasteiger partial charge in [-0.2, -0.15) is 12.6 Å². The zero-order chi connectivity index (χ0) is 8.15. The van der Waals surface area contributed by atoms with E-state index in [1.807, 2.05) is 0 Å². The minimum Gasteiger partial charge on any atom is -0.298 e. The number of hydrogen-bond donors (Lipinski definition) is 1. The van der Waals surface area contributed by atoms with Gasteiger partial charge >= 0.3 is 0 Å². The van der Waals surface area contributed by atoms with Crippen LogP contribution >= 0.6 is 25.0 Å². The zero-order valence-corrected chi connectivity index (χ0v) is 9.58. The van der Waals surface area contributed by atoms with E-state index in [1.165, 1.54) is 0 Å². The molecule has 0 aliphatic carbocycles. The van der Waals surface area contributed by atoms with Crippen molar-refractivity contribution in [2.45, 2.75) is 39.8 Å². The van der Waals surface area contributed by atoms with Crippen LogP contribution in [0.3, 0.4) is 0 Å². The summed E-state index contributed by atoms with van der Waals surface area (Å²) in [5, 5.41) is 0. The molecular weight excluding hydrogens is 178 g/mol. The topological polar surface area (TPSA) is 3.24 Å². The van der Waals surface area contributed by atoms with Crippen molar-refractivity contribution in [3.8, 4) is 0 Å². The van der Waals surface area contributed by atoms with E-state index in [0.29, 0.717) is 12.1 Å². The molecule has 3 heteroatoms. The third kappa shape index (κ3) is 5.83. The molecule has 0 saturated heterocycles. The second kappa shape index (κ2) is 7.26. The maximum Gasteiger partial charge on any atom is 0.00752 e. The van der Waals surface area contributed by atoms with Crippen LogP contribution in [-0.4, -0.2) is 29.3 Å². The van der Waals surface area contributed by atoms with Crippen LogP contribution in [0.15, 0.2) is 0 Å². The van der Waals surface area contributed by atoms with Gasteiger partial charge in [0.05, 0.1) is 0 Å². The fraction of sp³-hybridized carbons (Fsp3) is 1.00. The molecule has 0 atom stereocenters. The van der Waals surface area contributed by atoms with Gasteiger partial charge in [0.2, 0.25) is 0 Å². The second-order valence-corrected chi connectivity index (χ2v) is 3.60. The lowest BCUT2D eigenvalue weighted by atomic mass is 10.2. The minimum atomic E-state index is 0. The van der Waals surface area contributed by atoms with Crippen LogP contribution in [0.1, 0.15) is 27.7 Å². The van der Waals surface area contributed by atoms with Gasteiger partial charge in [0, 0.05) is 24.4 Å². The van der Waals surface area contributed by atoms with Crippen molar-refractivity contribution >= 4 is 25.0 Å². The molecule has 0 spiro atoms. The molecule has 0 bridgehead atoms. The molecule has 0 aromatic carbocycles. The second-order valence-electron chi connectivity index (χ2n) is 3.15. The minimum absolute atomic E-state index is 0. The Hall–Kier alpha value is 0.600. The maximum absolute atomic E-state index is 4.21. The summed E-state index contributed by atoms with van der Waals surface area (Å²) >= 11 is 4.21. The smallest absolute Gasteiger partial charge is 0.00752 e. The highest BCUT2D eigenvalue weighted by atomic mass is 35.5. The molecule has 0 radical (unpaired) electrons. The van der Waals surface area contributed by atoms with Gasteiger partial charge in [-0.05, 0) is 27.7 Å². The first kappa shape index (κ1) is 14.1. The van der Waals surface area contributed by atoms with E-state index in [1.54, 1.807) is 0 Å². The molecule has 0 N–H and O–H groups in total. The molecule has 0 aromatic heterocycles. The maximum atomic E-state index is 4.21. The lowest BCUT2D eigenvalue weighted by Gasteiger charge is -2.29. The lowest BCUT2D eigenvalue weighted by Crippen LogP contribution is -2.38. The van der Waals surface area contributed by atoms with Crippen LogP contribution < -0.4 is 0 Å². The highest BCUT2D eigenvalue weighted by Gasteiger charge is 2.10. The Morgan fingerprint density at radius 2 is 1.45 bits per heavy atom. The van der Waals surface area contributed by atoms with Crippen molar-refractivity contribution in [2.75, 3.05) is 12.3 Å². The summed E-state index contributed by atoms with van der Waals surface area (Å²) in [7, 11) is 0. The number of hydrogen-bond acceptors (Lipinski definition) is 2. The van der Waals surface area contributed by atoms with Crippen LogP contribution in [-0.2, 0) is 0 Å². The average molecular weight is 198 g/mol. The summed E-state index contributed by atoms with van der Waals surface area (Å²) in [5.41, 5.74) is 0. The summed E-state index contributed by atoms with van der Waals surface area (Å²) in [6.07, 6.45) is 0. The third-order valence-electron chi connectivity index (χ3n) is 1.68. The van der Waals surface area contributed by atoms with Crippen LogP contribution in [0.5, 0.6) is 0 Å². The molecule has 0 unspecified atom stereocenters. The van der Waals surface area contributed by atoms with Gasteiger partial charge in [0.15, 0.2) is 0 Å². The standard InChI is InChI=1S/C8H19NS.ClH/c1-7(2)9(5-6-10)8(3)4;/h7-8,10H,5-6H2,1-4H3;1H. The van der Waals surface area contributed by atoms with Gasteiger partial charge < -0.3 is 0 Å². The van der Waals surface area contributed by atoms with E-state index in [4.69, 9.17) is 0 Å². The number of nitrogens with zero attached hydrogens (tertiary/aromatic N) is 1. The fourth-order valence-corrected chi connectivity index (χ4v) is 1.46. The van der Waals surface area contributed by atoms with Gasteiger partial charge in [0.1, 0.15) is 0 Å². The molecule has 0 amide bonds. The van der Waals surface area contributed by atoms with Crippen molar-refractivity contribution in [3.63, 3.8) is 0 Å². The summed E-state index contributed by atoms with van der Waals surface area (Å²) in [4.78, 5) is 2.44. The van der Waals surface area contributed by atoms with Crippen molar-refractivity contribution in [3.05, 3.63) is 0 Å². The van der Waals surface area contributed by atoms with Crippen molar-refractivity contribution in [1.29, 1.82) is 0 Å². The van der Waals surface area contributed by atoms with Gasteiger partial charge in [-0.1, -0.05) is 0 Å². The molecular formula is C8H20ClNS. The number of thiol groups is 1. The Labute approximate surface area is 82.4 Å². The van der Waals surface area contributed by atoms with E-state index >= 15 is 0 Å². The molecule has 70 valence electrons. The molecule has 0 aliphatic heterocycles. The van der Waals surface area contributed by atoms with E-state index in [2.05, 4.69) is 45.2 Å². The summed E-state index contributed by atoms with van der Waals surface area (Å²) in [5.74, 6) is 0.955. The zero-order valence-electron chi connectivity index (χ0n) is 7.87. The van der Waals surface area contributed by atoms with Crippen molar-refractivity contribution in [1.82, 2.24) is 4.90 Å². The molecule has 0 rings (SSSR count). The Bertz CT molecular complexity index is 78.2. The Morgan fingerprint density at radius 3 is 1.55 bits per heavy atom. The molecule has 0 saturated carbocycles. The van der Waals surface area contributed by atoms with Gasteiger partial charge in [-0.15, -0.1) is 12.4 Å². The van der Waals surface area contributed by atoms with Crippen LogP contribution in [0, 0.1) is 0 Å².